The van der Waals surface area contributed by atoms with Gasteiger partial charge < -0.3 is 5.32 Å². The van der Waals surface area contributed by atoms with Crippen molar-refractivity contribution in [3.8, 4) is 0 Å². The van der Waals surface area contributed by atoms with E-state index in [0.29, 0.717) is 5.41 Å². The van der Waals surface area contributed by atoms with E-state index in [1.165, 1.54) is 18.4 Å². The normalized spacial score (nSPS) is 18.5. The first kappa shape index (κ1) is 11.9. The SMILES string of the molecule is CC(C)(C)NCC1(c2ccc(Cl)cc2)CC1. The van der Waals surface area contributed by atoms with Crippen molar-refractivity contribution in [3.05, 3.63) is 34.9 Å². The van der Waals surface area contributed by atoms with Crippen molar-refractivity contribution in [1.29, 1.82) is 0 Å². The highest BCUT2D eigenvalue weighted by atomic mass is 35.5. The third kappa shape index (κ3) is 2.78. The molecule has 2 rings (SSSR count). The van der Waals surface area contributed by atoms with E-state index in [4.69, 9.17) is 11.6 Å². The van der Waals surface area contributed by atoms with Crippen LogP contribution in [-0.2, 0) is 5.41 Å². The fraction of sp³-hybridized carbons (Fsp3) is 0.571. The first-order valence-electron chi connectivity index (χ1n) is 5.92. The Labute approximate surface area is 103 Å². The molecule has 0 saturated heterocycles. The second-order valence-electron chi connectivity index (χ2n) is 5.89. The summed E-state index contributed by atoms with van der Waals surface area (Å²) in [6, 6.07) is 8.32. The highest BCUT2D eigenvalue weighted by molar-refractivity contribution is 6.30. The van der Waals surface area contributed by atoms with Crippen molar-refractivity contribution < 1.29 is 0 Å². The monoisotopic (exact) mass is 237 g/mol. The molecular formula is C14H20ClN. The Morgan fingerprint density at radius 3 is 2.19 bits per heavy atom. The number of benzene rings is 1. The van der Waals surface area contributed by atoms with Crippen LogP contribution in [0.3, 0.4) is 0 Å². The number of halogens is 1. The molecule has 1 aliphatic rings. The van der Waals surface area contributed by atoms with Gasteiger partial charge in [-0.2, -0.15) is 0 Å². The number of nitrogens with one attached hydrogen (secondary N) is 1. The molecular weight excluding hydrogens is 218 g/mol. The van der Waals surface area contributed by atoms with Gasteiger partial charge in [0, 0.05) is 22.5 Å². The van der Waals surface area contributed by atoms with Crippen LogP contribution in [0.4, 0.5) is 0 Å². The summed E-state index contributed by atoms with van der Waals surface area (Å²) in [5.41, 5.74) is 1.99. The van der Waals surface area contributed by atoms with Gasteiger partial charge in [0.15, 0.2) is 0 Å². The molecule has 1 N–H and O–H groups in total. The van der Waals surface area contributed by atoms with E-state index in [9.17, 15) is 0 Å². The van der Waals surface area contributed by atoms with Crippen LogP contribution in [0.1, 0.15) is 39.2 Å². The Morgan fingerprint density at radius 1 is 1.19 bits per heavy atom. The highest BCUT2D eigenvalue weighted by Gasteiger charge is 2.44. The van der Waals surface area contributed by atoms with E-state index in [2.05, 4.69) is 38.2 Å². The standard InChI is InChI=1S/C14H20ClN/c1-13(2,3)16-10-14(8-9-14)11-4-6-12(15)7-5-11/h4-7,16H,8-10H2,1-3H3. The van der Waals surface area contributed by atoms with Crippen LogP contribution >= 0.6 is 11.6 Å². The zero-order valence-electron chi connectivity index (χ0n) is 10.3. The van der Waals surface area contributed by atoms with Gasteiger partial charge in [-0.3, -0.25) is 0 Å². The maximum absolute atomic E-state index is 5.92. The average molecular weight is 238 g/mol. The molecule has 1 aromatic rings. The summed E-state index contributed by atoms with van der Waals surface area (Å²) in [6.07, 6.45) is 2.58. The molecule has 2 heteroatoms. The van der Waals surface area contributed by atoms with Crippen molar-refractivity contribution in [3.63, 3.8) is 0 Å². The fourth-order valence-electron chi connectivity index (χ4n) is 1.96. The van der Waals surface area contributed by atoms with Crippen LogP contribution in [0.25, 0.3) is 0 Å². The quantitative estimate of drug-likeness (QED) is 0.844. The fourth-order valence-corrected chi connectivity index (χ4v) is 2.08. The number of hydrogen-bond donors (Lipinski definition) is 1. The first-order valence-corrected chi connectivity index (χ1v) is 6.30. The molecule has 0 aromatic heterocycles. The summed E-state index contributed by atoms with van der Waals surface area (Å²) in [5.74, 6) is 0. The van der Waals surface area contributed by atoms with Crippen molar-refractivity contribution in [2.24, 2.45) is 0 Å². The van der Waals surface area contributed by atoms with E-state index in [0.717, 1.165) is 11.6 Å². The van der Waals surface area contributed by atoms with Crippen LogP contribution in [0, 0.1) is 0 Å². The molecule has 0 unspecified atom stereocenters. The lowest BCUT2D eigenvalue weighted by atomic mass is 9.94. The molecule has 0 bridgehead atoms. The van der Waals surface area contributed by atoms with Crippen LogP contribution in [0.5, 0.6) is 0 Å². The minimum absolute atomic E-state index is 0.196. The molecule has 0 aliphatic heterocycles. The zero-order valence-corrected chi connectivity index (χ0v) is 11.1. The van der Waals surface area contributed by atoms with Gasteiger partial charge in [-0.05, 0) is 51.3 Å². The van der Waals surface area contributed by atoms with Gasteiger partial charge >= 0.3 is 0 Å². The maximum Gasteiger partial charge on any atom is 0.0406 e. The summed E-state index contributed by atoms with van der Waals surface area (Å²) < 4.78 is 0. The van der Waals surface area contributed by atoms with Gasteiger partial charge in [0.25, 0.3) is 0 Å². The van der Waals surface area contributed by atoms with Gasteiger partial charge in [0.05, 0.1) is 0 Å². The van der Waals surface area contributed by atoms with Crippen molar-refractivity contribution >= 4 is 11.6 Å². The largest absolute Gasteiger partial charge is 0.311 e. The Morgan fingerprint density at radius 2 is 1.75 bits per heavy atom. The van der Waals surface area contributed by atoms with Crippen LogP contribution in [-0.4, -0.2) is 12.1 Å². The van der Waals surface area contributed by atoms with Crippen molar-refractivity contribution in [2.45, 2.75) is 44.6 Å². The van der Waals surface area contributed by atoms with Gasteiger partial charge in [-0.25, -0.2) is 0 Å². The summed E-state index contributed by atoms with van der Waals surface area (Å²) in [7, 11) is 0. The summed E-state index contributed by atoms with van der Waals surface area (Å²) >= 11 is 5.92. The smallest absolute Gasteiger partial charge is 0.0406 e. The molecule has 0 atom stereocenters. The van der Waals surface area contributed by atoms with Crippen molar-refractivity contribution in [1.82, 2.24) is 5.32 Å². The van der Waals surface area contributed by atoms with Crippen molar-refractivity contribution in [2.75, 3.05) is 6.54 Å². The third-order valence-corrected chi connectivity index (χ3v) is 3.52. The van der Waals surface area contributed by atoms with Gasteiger partial charge in [-0.15, -0.1) is 0 Å². The van der Waals surface area contributed by atoms with E-state index in [-0.39, 0.29) is 5.54 Å². The van der Waals surface area contributed by atoms with Gasteiger partial charge in [0.2, 0.25) is 0 Å². The van der Waals surface area contributed by atoms with Crippen LogP contribution in [0.15, 0.2) is 24.3 Å². The van der Waals surface area contributed by atoms with E-state index in [1.54, 1.807) is 0 Å². The second kappa shape index (κ2) is 4.05. The van der Waals surface area contributed by atoms with E-state index in [1.807, 2.05) is 12.1 Å². The highest BCUT2D eigenvalue weighted by Crippen LogP contribution is 2.48. The predicted octanol–water partition coefficient (Wildman–Crippen LogP) is 3.76. The molecule has 0 spiro atoms. The molecule has 1 saturated carbocycles. The number of rotatable bonds is 3. The molecule has 0 amide bonds. The maximum atomic E-state index is 5.92. The minimum atomic E-state index is 0.196. The Kier molecular flexibility index (Phi) is 3.02. The van der Waals surface area contributed by atoms with E-state index >= 15 is 0 Å². The third-order valence-electron chi connectivity index (χ3n) is 3.27. The zero-order chi connectivity index (χ0) is 11.8. The minimum Gasteiger partial charge on any atom is -0.311 e. The van der Waals surface area contributed by atoms with E-state index < -0.39 is 0 Å². The molecule has 1 nitrogen and oxygen atoms in total. The molecule has 1 aliphatic carbocycles. The summed E-state index contributed by atoms with van der Waals surface area (Å²) in [5, 5.41) is 4.43. The lowest BCUT2D eigenvalue weighted by molar-refractivity contribution is 0.400. The summed E-state index contributed by atoms with van der Waals surface area (Å²) in [6.45, 7) is 7.71. The molecule has 16 heavy (non-hydrogen) atoms. The topological polar surface area (TPSA) is 12.0 Å². The second-order valence-corrected chi connectivity index (χ2v) is 6.33. The predicted molar refractivity (Wildman–Crippen MR) is 70.1 cm³/mol. The van der Waals surface area contributed by atoms with Crippen LogP contribution < -0.4 is 5.32 Å². The lowest BCUT2D eigenvalue weighted by Gasteiger charge is -2.25. The molecule has 1 aromatic carbocycles. The number of hydrogen-bond acceptors (Lipinski definition) is 1. The first-order chi connectivity index (χ1) is 7.41. The molecule has 1 fully saturated rings. The van der Waals surface area contributed by atoms with Gasteiger partial charge in [0.1, 0.15) is 0 Å². The summed E-state index contributed by atoms with van der Waals surface area (Å²) in [4.78, 5) is 0. The Balaban J connectivity index is 2.06. The van der Waals surface area contributed by atoms with Gasteiger partial charge in [-0.1, -0.05) is 23.7 Å². The molecule has 0 heterocycles. The Bertz CT molecular complexity index is 357. The lowest BCUT2D eigenvalue weighted by Crippen LogP contribution is -2.40. The Hall–Kier alpha value is -0.530. The molecule has 0 radical (unpaired) electrons. The van der Waals surface area contributed by atoms with Crippen LogP contribution in [0.2, 0.25) is 5.02 Å². The average Bonchev–Trinajstić information content (AvgIpc) is 2.96. The molecule has 88 valence electrons.